The van der Waals surface area contributed by atoms with Gasteiger partial charge in [0.05, 0.1) is 18.1 Å². The number of ether oxygens (including phenoxy) is 1. The second kappa shape index (κ2) is 9.82. The molecule has 14 heteroatoms. The molecule has 35 heavy (non-hydrogen) atoms. The molecule has 0 aliphatic carbocycles. The zero-order valence-corrected chi connectivity index (χ0v) is 19.2. The first-order valence-corrected chi connectivity index (χ1v) is 11.1. The number of fused-ring (bicyclic) bond motifs is 1. The highest BCUT2D eigenvalue weighted by atomic mass is 79.9. The maximum absolute atomic E-state index is 14.2. The van der Waals surface area contributed by atoms with Gasteiger partial charge in [0.2, 0.25) is 6.10 Å². The van der Waals surface area contributed by atoms with Gasteiger partial charge in [-0.25, -0.2) is 28.8 Å². The lowest BCUT2D eigenvalue weighted by Gasteiger charge is -2.18. The van der Waals surface area contributed by atoms with E-state index in [4.69, 9.17) is 5.73 Å². The number of hydrogen-bond donors (Lipinski definition) is 2. The first kappa shape index (κ1) is 24.3. The molecular weight excluding hydrogens is 538 g/mol. The van der Waals surface area contributed by atoms with E-state index in [-0.39, 0.29) is 23.9 Å². The summed E-state index contributed by atoms with van der Waals surface area (Å²) in [6.07, 6.45) is -5.79. The van der Waals surface area contributed by atoms with Gasteiger partial charge in [0, 0.05) is 17.1 Å². The Morgan fingerprint density at radius 1 is 1.20 bits per heavy atom. The van der Waals surface area contributed by atoms with Crippen molar-refractivity contribution in [3.05, 3.63) is 60.2 Å². The smallest absolute Gasteiger partial charge is 0.426 e. The minimum absolute atomic E-state index is 0.0697. The normalized spacial score (nSPS) is 12.5. The maximum atomic E-state index is 14.2. The Bertz CT molecular complexity index is 1380. The average molecular weight is 554 g/mol. The summed E-state index contributed by atoms with van der Waals surface area (Å²) < 4.78 is 58.5. The summed E-state index contributed by atoms with van der Waals surface area (Å²) in [4.78, 5) is 24.5. The van der Waals surface area contributed by atoms with E-state index < -0.39 is 29.5 Å². The average Bonchev–Trinajstić information content (AvgIpc) is 3.18. The second-order valence-corrected chi connectivity index (χ2v) is 7.83. The van der Waals surface area contributed by atoms with Crippen LogP contribution in [0.25, 0.3) is 22.6 Å². The number of nitrogens with one attached hydrogen (secondary N) is 1. The van der Waals surface area contributed by atoms with E-state index in [1.807, 2.05) is 0 Å². The van der Waals surface area contributed by atoms with Gasteiger partial charge in [-0.2, -0.15) is 18.3 Å². The molecule has 0 bridgehead atoms. The molecule has 9 nitrogen and oxygen atoms in total. The molecule has 1 amide bonds. The van der Waals surface area contributed by atoms with Crippen LogP contribution in [0.1, 0.15) is 5.56 Å². The summed E-state index contributed by atoms with van der Waals surface area (Å²) in [7, 11) is 0. The molecule has 3 heterocycles. The molecule has 0 fully saturated rings. The summed E-state index contributed by atoms with van der Waals surface area (Å²) in [5.41, 5.74) is 6.89. The van der Waals surface area contributed by atoms with Crippen LogP contribution in [0.2, 0.25) is 0 Å². The van der Waals surface area contributed by atoms with Gasteiger partial charge in [-0.05, 0) is 18.2 Å². The zero-order chi connectivity index (χ0) is 25.2. The summed E-state index contributed by atoms with van der Waals surface area (Å²) in [6, 6.07) is 9.64. The summed E-state index contributed by atoms with van der Waals surface area (Å²) in [5, 5.41) is 6.50. The van der Waals surface area contributed by atoms with Crippen LogP contribution < -0.4 is 11.1 Å². The fourth-order valence-corrected chi connectivity index (χ4v) is 3.63. The summed E-state index contributed by atoms with van der Waals surface area (Å²) in [5.74, 6) is -0.556. The Labute approximate surface area is 203 Å². The number of pyridine rings is 1. The quantitative estimate of drug-likeness (QED) is 0.265. The number of rotatable bonds is 6. The van der Waals surface area contributed by atoms with Crippen LogP contribution in [0.15, 0.2) is 48.8 Å². The third-order valence-corrected chi connectivity index (χ3v) is 5.39. The molecule has 1 unspecified atom stereocenters. The fraction of sp³-hybridized carbons (Fsp3) is 0.190. The van der Waals surface area contributed by atoms with Gasteiger partial charge in [-0.1, -0.05) is 34.1 Å². The van der Waals surface area contributed by atoms with Gasteiger partial charge in [0.1, 0.15) is 17.2 Å². The van der Waals surface area contributed by atoms with Crippen LogP contribution in [0, 0.1) is 5.82 Å². The number of halogens is 5. The number of alkyl halides is 4. The van der Waals surface area contributed by atoms with Crippen molar-refractivity contribution in [2.24, 2.45) is 0 Å². The Morgan fingerprint density at radius 2 is 1.97 bits per heavy atom. The highest BCUT2D eigenvalue weighted by Gasteiger charge is 2.42. The van der Waals surface area contributed by atoms with Crippen LogP contribution in [0.3, 0.4) is 0 Å². The van der Waals surface area contributed by atoms with Gasteiger partial charge >= 0.3 is 12.3 Å². The highest BCUT2D eigenvalue weighted by Crippen LogP contribution is 2.28. The number of carbonyl (C=O) groups excluding carboxylic acids is 1. The number of nitrogens with two attached hydrogens (primary N) is 1. The van der Waals surface area contributed by atoms with Crippen molar-refractivity contribution in [1.82, 2.24) is 24.7 Å². The molecule has 3 N–H and O–H groups in total. The molecule has 3 aromatic heterocycles. The van der Waals surface area contributed by atoms with E-state index in [2.05, 4.69) is 46.0 Å². The number of benzene rings is 1. The van der Waals surface area contributed by atoms with E-state index in [1.165, 1.54) is 10.7 Å². The van der Waals surface area contributed by atoms with Crippen molar-refractivity contribution in [3.8, 4) is 11.5 Å². The number of amides is 1. The summed E-state index contributed by atoms with van der Waals surface area (Å²) in [6.45, 7) is 0.0924. The molecular formula is C21H16BrF4N7O2. The van der Waals surface area contributed by atoms with E-state index in [9.17, 15) is 22.4 Å². The molecule has 4 rings (SSSR count). The van der Waals surface area contributed by atoms with E-state index in [0.717, 1.165) is 6.20 Å². The first-order valence-electron chi connectivity index (χ1n) is 9.95. The van der Waals surface area contributed by atoms with Crippen LogP contribution >= 0.6 is 15.9 Å². The lowest BCUT2D eigenvalue weighted by Crippen LogP contribution is -2.36. The van der Waals surface area contributed by atoms with Crippen LogP contribution in [-0.2, 0) is 11.3 Å². The van der Waals surface area contributed by atoms with E-state index >= 15 is 0 Å². The second-order valence-electron chi connectivity index (χ2n) is 7.18. The number of nitrogens with zero attached hydrogens (tertiary/aromatic N) is 5. The molecule has 4 aromatic rings. The molecule has 0 aliphatic rings. The van der Waals surface area contributed by atoms with Crippen molar-refractivity contribution in [1.29, 1.82) is 0 Å². The minimum Gasteiger partial charge on any atom is -0.435 e. The van der Waals surface area contributed by atoms with Crippen molar-refractivity contribution < 1.29 is 27.1 Å². The molecule has 1 aromatic carbocycles. The van der Waals surface area contributed by atoms with Gasteiger partial charge in [0.25, 0.3) is 0 Å². The molecule has 0 spiro atoms. The van der Waals surface area contributed by atoms with Crippen LogP contribution in [0.5, 0.6) is 0 Å². The number of carbonyl (C=O) groups is 1. The molecule has 0 saturated carbocycles. The largest absolute Gasteiger partial charge is 0.435 e. The molecule has 1 atom stereocenters. The van der Waals surface area contributed by atoms with Crippen molar-refractivity contribution in [3.63, 3.8) is 0 Å². The zero-order valence-electron chi connectivity index (χ0n) is 17.6. The van der Waals surface area contributed by atoms with Crippen molar-refractivity contribution in [2.45, 2.75) is 18.8 Å². The Hall–Kier alpha value is -3.81. The van der Waals surface area contributed by atoms with Crippen LogP contribution in [-0.4, -0.2) is 48.4 Å². The van der Waals surface area contributed by atoms with Gasteiger partial charge < -0.3 is 10.5 Å². The number of nitrogen functional groups attached to an aromatic ring is 1. The SMILES string of the molecule is Nc1nc(-c2nn(Cc3ccccc3F)c3ncccc23)ncc1NC(=O)OC(CBr)C(F)(F)F. The van der Waals surface area contributed by atoms with E-state index in [1.54, 1.807) is 36.5 Å². The Kier molecular flexibility index (Phi) is 6.82. The summed E-state index contributed by atoms with van der Waals surface area (Å²) >= 11 is 2.65. The molecule has 182 valence electrons. The minimum atomic E-state index is -4.75. The molecule has 0 saturated heterocycles. The standard InChI is InChI=1S/C21H16BrF4N7O2/c22-8-15(21(24,25)26)35-20(34)30-14-9-29-18(31-17(14)27)16-12-5-3-7-28-19(12)33(32-16)10-11-4-1-2-6-13(11)23/h1-7,9,15H,8,10H2,(H,30,34)(H2,27,29,31). The third-order valence-electron chi connectivity index (χ3n) is 4.81. The van der Waals surface area contributed by atoms with Gasteiger partial charge in [-0.15, -0.1) is 0 Å². The maximum Gasteiger partial charge on any atom is 0.426 e. The lowest BCUT2D eigenvalue weighted by molar-refractivity contribution is -0.194. The van der Waals surface area contributed by atoms with Gasteiger partial charge in [-0.3, -0.25) is 5.32 Å². The monoisotopic (exact) mass is 553 g/mol. The van der Waals surface area contributed by atoms with E-state index in [0.29, 0.717) is 22.3 Å². The lowest BCUT2D eigenvalue weighted by atomic mass is 10.2. The predicted octanol–water partition coefficient (Wildman–Crippen LogP) is 4.53. The van der Waals surface area contributed by atoms with Crippen molar-refractivity contribution in [2.75, 3.05) is 16.4 Å². The fourth-order valence-electron chi connectivity index (χ4n) is 3.13. The predicted molar refractivity (Wildman–Crippen MR) is 122 cm³/mol. The Balaban J connectivity index is 1.61. The number of hydrogen-bond acceptors (Lipinski definition) is 7. The molecule has 0 radical (unpaired) electrons. The highest BCUT2D eigenvalue weighted by molar-refractivity contribution is 9.09. The molecule has 0 aliphatic heterocycles. The first-order chi connectivity index (χ1) is 16.7. The Morgan fingerprint density at radius 3 is 2.66 bits per heavy atom. The topological polar surface area (TPSA) is 121 Å². The number of anilines is 2. The third kappa shape index (κ3) is 5.31. The van der Waals surface area contributed by atoms with Crippen LogP contribution in [0.4, 0.5) is 33.9 Å². The van der Waals surface area contributed by atoms with Gasteiger partial charge in [0.15, 0.2) is 17.3 Å². The number of aromatic nitrogens is 5. The van der Waals surface area contributed by atoms with Crippen molar-refractivity contribution >= 4 is 44.6 Å².